The van der Waals surface area contributed by atoms with E-state index in [-0.39, 0.29) is 5.82 Å². The zero-order valence-electron chi connectivity index (χ0n) is 12.0. The number of aromatic nitrogens is 2. The fourth-order valence-electron chi connectivity index (χ4n) is 1.84. The summed E-state index contributed by atoms with van der Waals surface area (Å²) in [5.41, 5.74) is 2.21. The summed E-state index contributed by atoms with van der Waals surface area (Å²) in [6, 6.07) is 9.75. The van der Waals surface area contributed by atoms with Gasteiger partial charge in [0.2, 0.25) is 5.82 Å². The minimum Gasteiger partial charge on any atom is -0.463 e. The predicted octanol–water partition coefficient (Wildman–Crippen LogP) is 2.02. The number of nitrogens with one attached hydrogen (secondary N) is 1. The number of nitrogens with zero attached hydrogens (tertiary/aromatic N) is 2. The van der Waals surface area contributed by atoms with Crippen molar-refractivity contribution in [2.45, 2.75) is 13.2 Å². The highest BCUT2D eigenvalue weighted by Crippen LogP contribution is 2.09. The van der Waals surface area contributed by atoms with Gasteiger partial charge in [-0.25, -0.2) is 14.8 Å². The van der Waals surface area contributed by atoms with E-state index in [2.05, 4.69) is 26.1 Å². The fraction of sp³-hybridized carbons (Fsp3) is 0.267. The molecule has 1 aromatic heterocycles. The Kier molecular flexibility index (Phi) is 5.22. The Morgan fingerprint density at radius 2 is 2.05 bits per heavy atom. The zero-order valence-corrected chi connectivity index (χ0v) is 12.0. The van der Waals surface area contributed by atoms with Gasteiger partial charge >= 0.3 is 5.97 Å². The lowest BCUT2D eigenvalue weighted by atomic mass is 10.1. The molecule has 0 aliphatic heterocycles. The number of rotatable bonds is 6. The molecule has 0 unspecified atom stereocenters. The van der Waals surface area contributed by atoms with Crippen LogP contribution in [0.3, 0.4) is 0 Å². The van der Waals surface area contributed by atoms with E-state index in [4.69, 9.17) is 4.74 Å². The molecule has 1 heterocycles. The predicted molar refractivity (Wildman–Crippen MR) is 77.9 cm³/mol. The molecule has 0 atom stereocenters. The molecule has 0 spiro atoms. The van der Waals surface area contributed by atoms with Gasteiger partial charge in [0.1, 0.15) is 5.82 Å². The maximum atomic E-state index is 11.4. The molecule has 0 saturated heterocycles. The molecule has 110 valence electrons. The molecule has 1 N–H and O–H groups in total. The van der Waals surface area contributed by atoms with Crippen molar-refractivity contribution in [3.8, 4) is 0 Å². The molecule has 0 amide bonds. The van der Waals surface area contributed by atoms with E-state index < -0.39 is 5.97 Å². The van der Waals surface area contributed by atoms with Crippen LogP contribution in [-0.2, 0) is 22.6 Å². The summed E-state index contributed by atoms with van der Waals surface area (Å²) in [6.45, 7) is 1.17. The van der Waals surface area contributed by atoms with Gasteiger partial charge < -0.3 is 14.8 Å². The molecule has 6 nitrogen and oxygen atoms in total. The van der Waals surface area contributed by atoms with Crippen molar-refractivity contribution in [3.05, 3.63) is 53.5 Å². The number of anilines is 1. The van der Waals surface area contributed by atoms with E-state index in [9.17, 15) is 4.79 Å². The van der Waals surface area contributed by atoms with Crippen LogP contribution < -0.4 is 5.32 Å². The second-order valence-corrected chi connectivity index (χ2v) is 4.36. The Labute approximate surface area is 123 Å². The minimum atomic E-state index is -0.555. The Hall–Kier alpha value is -2.47. The third-order valence-corrected chi connectivity index (χ3v) is 2.80. The van der Waals surface area contributed by atoms with Crippen molar-refractivity contribution < 1.29 is 14.3 Å². The number of carbonyl (C=O) groups excluding carboxylic acids is 1. The van der Waals surface area contributed by atoms with Crippen molar-refractivity contribution in [3.63, 3.8) is 0 Å². The lowest BCUT2D eigenvalue weighted by Gasteiger charge is -2.08. The van der Waals surface area contributed by atoms with Crippen LogP contribution in [0.25, 0.3) is 0 Å². The van der Waals surface area contributed by atoms with E-state index in [1.807, 2.05) is 18.2 Å². The standard InChI is InChI=1S/C15H17N3O3/c1-20-10-12-5-3-4-11(8-12)9-17-13-6-7-16-14(18-13)15(19)21-2/h3-8H,9-10H2,1-2H3,(H,16,17,18). The fourth-order valence-corrected chi connectivity index (χ4v) is 1.84. The summed E-state index contributed by atoms with van der Waals surface area (Å²) in [5.74, 6) is 0.0546. The molecule has 21 heavy (non-hydrogen) atoms. The highest BCUT2D eigenvalue weighted by atomic mass is 16.5. The van der Waals surface area contributed by atoms with Gasteiger partial charge in [-0.2, -0.15) is 0 Å². The summed E-state index contributed by atoms with van der Waals surface area (Å²) in [6.07, 6.45) is 1.52. The van der Waals surface area contributed by atoms with Gasteiger partial charge in [0, 0.05) is 19.9 Å². The van der Waals surface area contributed by atoms with Gasteiger partial charge in [0.05, 0.1) is 13.7 Å². The largest absolute Gasteiger partial charge is 0.463 e. The smallest absolute Gasteiger partial charge is 0.376 e. The quantitative estimate of drug-likeness (QED) is 0.819. The first-order valence-corrected chi connectivity index (χ1v) is 6.45. The number of hydrogen-bond acceptors (Lipinski definition) is 6. The summed E-state index contributed by atoms with van der Waals surface area (Å²) in [4.78, 5) is 19.3. The van der Waals surface area contributed by atoms with Gasteiger partial charge in [0.25, 0.3) is 0 Å². The van der Waals surface area contributed by atoms with Crippen molar-refractivity contribution in [2.75, 3.05) is 19.5 Å². The highest BCUT2D eigenvalue weighted by molar-refractivity contribution is 5.85. The van der Waals surface area contributed by atoms with Crippen LogP contribution >= 0.6 is 0 Å². The van der Waals surface area contributed by atoms with Gasteiger partial charge in [0.15, 0.2) is 0 Å². The zero-order chi connectivity index (χ0) is 15.1. The van der Waals surface area contributed by atoms with Crippen LogP contribution in [0.5, 0.6) is 0 Å². The number of methoxy groups -OCH3 is 2. The second kappa shape index (κ2) is 7.35. The number of esters is 1. The SMILES string of the molecule is COCc1cccc(CNc2ccnc(C(=O)OC)n2)c1. The molecule has 0 bridgehead atoms. The third kappa shape index (κ3) is 4.25. The average Bonchev–Trinajstić information content (AvgIpc) is 2.53. The molecule has 2 rings (SSSR count). The molecule has 0 radical (unpaired) electrons. The van der Waals surface area contributed by atoms with Crippen molar-refractivity contribution in [1.29, 1.82) is 0 Å². The van der Waals surface area contributed by atoms with Crippen molar-refractivity contribution in [1.82, 2.24) is 9.97 Å². The first-order chi connectivity index (χ1) is 10.2. The first-order valence-electron chi connectivity index (χ1n) is 6.45. The van der Waals surface area contributed by atoms with Crippen molar-refractivity contribution >= 4 is 11.8 Å². The number of ether oxygens (including phenoxy) is 2. The van der Waals surface area contributed by atoms with E-state index >= 15 is 0 Å². The summed E-state index contributed by atoms with van der Waals surface area (Å²) in [5, 5.41) is 3.15. The van der Waals surface area contributed by atoms with Crippen LogP contribution in [0.4, 0.5) is 5.82 Å². The Morgan fingerprint density at radius 3 is 2.81 bits per heavy atom. The highest BCUT2D eigenvalue weighted by Gasteiger charge is 2.09. The van der Waals surface area contributed by atoms with E-state index in [0.29, 0.717) is 19.0 Å². The first kappa shape index (κ1) is 14.9. The van der Waals surface area contributed by atoms with Gasteiger partial charge in [-0.05, 0) is 17.2 Å². The Balaban J connectivity index is 2.02. The number of hydrogen-bond donors (Lipinski definition) is 1. The van der Waals surface area contributed by atoms with E-state index in [1.165, 1.54) is 13.3 Å². The normalized spacial score (nSPS) is 10.2. The van der Waals surface area contributed by atoms with Gasteiger partial charge in [-0.1, -0.05) is 24.3 Å². The number of carbonyl (C=O) groups is 1. The second-order valence-electron chi connectivity index (χ2n) is 4.36. The van der Waals surface area contributed by atoms with Crippen LogP contribution in [-0.4, -0.2) is 30.2 Å². The lowest BCUT2D eigenvalue weighted by Crippen LogP contribution is -2.10. The van der Waals surface area contributed by atoms with Crippen LogP contribution in [0.1, 0.15) is 21.7 Å². The molecule has 0 aliphatic rings. The molecule has 0 saturated carbocycles. The molecule has 6 heteroatoms. The topological polar surface area (TPSA) is 73.3 Å². The maximum Gasteiger partial charge on any atom is 0.376 e. The summed E-state index contributed by atoms with van der Waals surface area (Å²) < 4.78 is 9.70. The molecular weight excluding hydrogens is 270 g/mol. The number of benzene rings is 1. The van der Waals surface area contributed by atoms with Crippen LogP contribution in [0, 0.1) is 0 Å². The molecule has 0 aliphatic carbocycles. The molecule has 0 fully saturated rings. The van der Waals surface area contributed by atoms with Gasteiger partial charge in [-0.15, -0.1) is 0 Å². The van der Waals surface area contributed by atoms with Crippen LogP contribution in [0.15, 0.2) is 36.5 Å². The monoisotopic (exact) mass is 287 g/mol. The molecule has 1 aromatic carbocycles. The average molecular weight is 287 g/mol. The summed E-state index contributed by atoms with van der Waals surface area (Å²) >= 11 is 0. The van der Waals surface area contributed by atoms with E-state index in [1.54, 1.807) is 13.2 Å². The van der Waals surface area contributed by atoms with E-state index in [0.717, 1.165) is 11.1 Å². The molecule has 2 aromatic rings. The lowest BCUT2D eigenvalue weighted by molar-refractivity contribution is 0.0587. The van der Waals surface area contributed by atoms with Gasteiger partial charge in [-0.3, -0.25) is 0 Å². The molecular formula is C15H17N3O3. The Morgan fingerprint density at radius 1 is 1.24 bits per heavy atom. The third-order valence-electron chi connectivity index (χ3n) is 2.80. The van der Waals surface area contributed by atoms with Crippen LogP contribution in [0.2, 0.25) is 0 Å². The summed E-state index contributed by atoms with van der Waals surface area (Å²) in [7, 11) is 2.97. The Bertz CT molecular complexity index is 617. The maximum absolute atomic E-state index is 11.4. The van der Waals surface area contributed by atoms with Crippen molar-refractivity contribution in [2.24, 2.45) is 0 Å². The minimum absolute atomic E-state index is 0.0376.